The van der Waals surface area contributed by atoms with Gasteiger partial charge in [-0.15, -0.1) is 0 Å². The zero-order valence-corrected chi connectivity index (χ0v) is 8.43. The average Bonchev–Trinajstić information content (AvgIpc) is 2.26. The molecule has 90 valence electrons. The summed E-state index contributed by atoms with van der Waals surface area (Å²) in [5, 5.41) is 8.58. The standard InChI is InChI=1S/C10H5F4NO2/c1-17-7-3-2-5(8(11)6(7)4-15)9(16)10(12,13)14/h2-3H,1H3. The normalized spacial score (nSPS) is 10.8. The van der Waals surface area contributed by atoms with E-state index in [1.54, 1.807) is 0 Å². The van der Waals surface area contributed by atoms with Crippen LogP contribution in [0, 0.1) is 17.1 Å². The fourth-order valence-corrected chi connectivity index (χ4v) is 1.16. The van der Waals surface area contributed by atoms with E-state index in [1.807, 2.05) is 0 Å². The first kappa shape index (κ1) is 13.0. The van der Waals surface area contributed by atoms with E-state index < -0.39 is 28.9 Å². The highest BCUT2D eigenvalue weighted by atomic mass is 19.4. The number of rotatable bonds is 2. The zero-order chi connectivity index (χ0) is 13.2. The number of carbonyl (C=O) groups is 1. The second-order valence-corrected chi connectivity index (χ2v) is 2.94. The van der Waals surface area contributed by atoms with Crippen LogP contribution in [-0.4, -0.2) is 19.1 Å². The number of alkyl halides is 3. The molecule has 0 spiro atoms. The maximum Gasteiger partial charge on any atom is 0.454 e. The maximum atomic E-state index is 13.5. The minimum Gasteiger partial charge on any atom is -0.495 e. The molecule has 0 fully saturated rings. The van der Waals surface area contributed by atoms with Crippen molar-refractivity contribution in [3.8, 4) is 11.8 Å². The first-order valence-electron chi connectivity index (χ1n) is 4.21. The highest BCUT2D eigenvalue weighted by Gasteiger charge is 2.41. The summed E-state index contributed by atoms with van der Waals surface area (Å²) in [6.45, 7) is 0. The van der Waals surface area contributed by atoms with E-state index in [0.29, 0.717) is 6.07 Å². The summed E-state index contributed by atoms with van der Waals surface area (Å²) in [6.07, 6.45) is -5.19. The highest BCUT2D eigenvalue weighted by molar-refractivity contribution is 6.01. The number of ketones is 1. The SMILES string of the molecule is COc1ccc(C(=O)C(F)(F)F)c(F)c1C#N. The van der Waals surface area contributed by atoms with Gasteiger partial charge in [0.25, 0.3) is 5.78 Å². The van der Waals surface area contributed by atoms with Crippen LogP contribution in [0.25, 0.3) is 0 Å². The maximum absolute atomic E-state index is 13.5. The Balaban J connectivity index is 3.41. The van der Waals surface area contributed by atoms with Crippen molar-refractivity contribution in [3.05, 3.63) is 29.1 Å². The molecule has 17 heavy (non-hydrogen) atoms. The van der Waals surface area contributed by atoms with E-state index in [-0.39, 0.29) is 5.75 Å². The molecular weight excluding hydrogens is 242 g/mol. The monoisotopic (exact) mass is 247 g/mol. The van der Waals surface area contributed by atoms with Gasteiger partial charge in [-0.2, -0.15) is 18.4 Å². The molecule has 0 aliphatic heterocycles. The van der Waals surface area contributed by atoms with Crippen LogP contribution in [0.5, 0.6) is 5.75 Å². The number of ether oxygens (including phenoxy) is 1. The number of Topliss-reactive ketones (excluding diaryl/α,β-unsaturated/α-hetero) is 1. The Morgan fingerprint density at radius 2 is 2.00 bits per heavy atom. The van der Waals surface area contributed by atoms with E-state index >= 15 is 0 Å². The molecule has 0 radical (unpaired) electrons. The van der Waals surface area contributed by atoms with Gasteiger partial charge in [0.15, 0.2) is 5.82 Å². The molecule has 0 aliphatic rings. The number of nitriles is 1. The number of hydrogen-bond acceptors (Lipinski definition) is 3. The molecule has 7 heteroatoms. The quantitative estimate of drug-likeness (QED) is 0.595. The zero-order valence-electron chi connectivity index (χ0n) is 8.43. The van der Waals surface area contributed by atoms with Crippen molar-refractivity contribution in [2.75, 3.05) is 7.11 Å². The summed E-state index contributed by atoms with van der Waals surface area (Å²) < 4.78 is 54.4. The third-order valence-electron chi connectivity index (χ3n) is 1.94. The van der Waals surface area contributed by atoms with Crippen LogP contribution in [0.15, 0.2) is 12.1 Å². The second kappa shape index (κ2) is 4.41. The molecule has 3 nitrogen and oxygen atoms in total. The predicted octanol–water partition coefficient (Wildman–Crippen LogP) is 2.45. The summed E-state index contributed by atoms with van der Waals surface area (Å²) in [7, 11) is 1.13. The summed E-state index contributed by atoms with van der Waals surface area (Å²) in [4.78, 5) is 10.8. The van der Waals surface area contributed by atoms with Crippen LogP contribution in [-0.2, 0) is 0 Å². The van der Waals surface area contributed by atoms with Crippen molar-refractivity contribution >= 4 is 5.78 Å². The van der Waals surface area contributed by atoms with Crippen molar-refractivity contribution in [1.29, 1.82) is 5.26 Å². The number of halogens is 4. The molecule has 1 rings (SSSR count). The summed E-state index contributed by atoms with van der Waals surface area (Å²) >= 11 is 0. The number of methoxy groups -OCH3 is 1. The van der Waals surface area contributed by atoms with Crippen LogP contribution in [0.1, 0.15) is 15.9 Å². The Hall–Kier alpha value is -2.10. The lowest BCUT2D eigenvalue weighted by Gasteiger charge is -2.09. The predicted molar refractivity (Wildman–Crippen MR) is 48.1 cm³/mol. The topological polar surface area (TPSA) is 50.1 Å². The Bertz CT molecular complexity index is 502. The van der Waals surface area contributed by atoms with Gasteiger partial charge in [-0.3, -0.25) is 4.79 Å². The molecule has 0 N–H and O–H groups in total. The first-order valence-corrected chi connectivity index (χ1v) is 4.21. The van der Waals surface area contributed by atoms with E-state index in [1.165, 1.54) is 6.07 Å². The molecular formula is C10H5F4NO2. The van der Waals surface area contributed by atoms with Crippen LogP contribution in [0.4, 0.5) is 17.6 Å². The van der Waals surface area contributed by atoms with Gasteiger partial charge in [-0.05, 0) is 12.1 Å². The Morgan fingerprint density at radius 3 is 2.41 bits per heavy atom. The molecule has 0 atom stereocenters. The lowest BCUT2D eigenvalue weighted by molar-refractivity contribution is -0.0887. The van der Waals surface area contributed by atoms with Gasteiger partial charge >= 0.3 is 6.18 Å². The number of benzene rings is 1. The van der Waals surface area contributed by atoms with Gasteiger partial charge in [0.1, 0.15) is 17.4 Å². The number of carbonyl (C=O) groups excluding carboxylic acids is 1. The summed E-state index contributed by atoms with van der Waals surface area (Å²) in [5.41, 5.74) is -1.93. The molecule has 0 heterocycles. The van der Waals surface area contributed by atoms with Gasteiger partial charge in [0, 0.05) is 0 Å². The molecule has 0 saturated carbocycles. The van der Waals surface area contributed by atoms with Crippen molar-refractivity contribution in [3.63, 3.8) is 0 Å². The van der Waals surface area contributed by atoms with Crippen LogP contribution >= 0.6 is 0 Å². The van der Waals surface area contributed by atoms with Gasteiger partial charge in [-0.1, -0.05) is 0 Å². The first-order chi connectivity index (χ1) is 7.82. The molecule has 0 saturated heterocycles. The van der Waals surface area contributed by atoms with E-state index in [0.717, 1.165) is 13.2 Å². The van der Waals surface area contributed by atoms with Crippen LogP contribution in [0.3, 0.4) is 0 Å². The van der Waals surface area contributed by atoms with Crippen molar-refractivity contribution in [2.45, 2.75) is 6.18 Å². The largest absolute Gasteiger partial charge is 0.495 e. The van der Waals surface area contributed by atoms with Crippen molar-refractivity contribution in [1.82, 2.24) is 0 Å². The fourth-order valence-electron chi connectivity index (χ4n) is 1.16. The minimum absolute atomic E-state index is 0.233. The van der Waals surface area contributed by atoms with Gasteiger partial charge in [-0.25, -0.2) is 4.39 Å². The lowest BCUT2D eigenvalue weighted by atomic mass is 10.1. The molecule has 0 aliphatic carbocycles. The molecule has 1 aromatic carbocycles. The Morgan fingerprint density at radius 1 is 1.41 bits per heavy atom. The van der Waals surface area contributed by atoms with E-state index in [2.05, 4.69) is 4.74 Å². The summed E-state index contributed by atoms with van der Waals surface area (Å²) in [5.74, 6) is -4.10. The second-order valence-electron chi connectivity index (χ2n) is 2.94. The molecule has 0 unspecified atom stereocenters. The molecule has 0 bridgehead atoms. The minimum atomic E-state index is -5.19. The highest BCUT2D eigenvalue weighted by Crippen LogP contribution is 2.28. The van der Waals surface area contributed by atoms with Crippen molar-refractivity contribution < 1.29 is 27.1 Å². The molecule has 0 aromatic heterocycles. The number of hydrogen-bond donors (Lipinski definition) is 0. The summed E-state index contributed by atoms with van der Waals surface area (Å²) in [6, 6.07) is 2.90. The van der Waals surface area contributed by atoms with Gasteiger partial charge < -0.3 is 4.74 Å². The number of nitrogens with zero attached hydrogens (tertiary/aromatic N) is 1. The van der Waals surface area contributed by atoms with Crippen LogP contribution in [0.2, 0.25) is 0 Å². The third-order valence-corrected chi connectivity index (χ3v) is 1.94. The molecule has 1 aromatic rings. The van der Waals surface area contributed by atoms with E-state index in [9.17, 15) is 22.4 Å². The molecule has 0 amide bonds. The van der Waals surface area contributed by atoms with Gasteiger partial charge in [0.05, 0.1) is 12.7 Å². The lowest BCUT2D eigenvalue weighted by Crippen LogP contribution is -2.24. The van der Waals surface area contributed by atoms with E-state index in [4.69, 9.17) is 5.26 Å². The Labute approximate surface area is 93.2 Å². The van der Waals surface area contributed by atoms with Crippen molar-refractivity contribution in [2.24, 2.45) is 0 Å². The average molecular weight is 247 g/mol. The smallest absolute Gasteiger partial charge is 0.454 e. The van der Waals surface area contributed by atoms with Gasteiger partial charge in [0.2, 0.25) is 0 Å². The fraction of sp³-hybridized carbons (Fsp3) is 0.200. The van der Waals surface area contributed by atoms with Crippen LogP contribution < -0.4 is 4.74 Å². The Kier molecular flexibility index (Phi) is 3.36. The third kappa shape index (κ3) is 2.36.